The first-order chi connectivity index (χ1) is 7.15. The van der Waals surface area contributed by atoms with Crippen molar-refractivity contribution in [3.8, 4) is 0 Å². The van der Waals surface area contributed by atoms with Crippen LogP contribution in [0, 0.1) is 5.82 Å². The summed E-state index contributed by atoms with van der Waals surface area (Å²) in [5.41, 5.74) is 0.638. The molecule has 1 N–H and O–H groups in total. The number of benzene rings is 1. The summed E-state index contributed by atoms with van der Waals surface area (Å²) >= 11 is 7.62. The van der Waals surface area contributed by atoms with E-state index in [9.17, 15) is 4.39 Å². The first-order valence-electron chi connectivity index (χ1n) is 3.86. The van der Waals surface area contributed by atoms with Crippen LogP contribution in [-0.4, -0.2) is 10.2 Å². The molecule has 0 radical (unpaired) electrons. The summed E-state index contributed by atoms with van der Waals surface area (Å²) in [4.78, 5) is 0. The average Bonchev–Trinajstić information content (AvgIpc) is 2.58. The maximum atomic E-state index is 13.2. The van der Waals surface area contributed by atoms with Crippen LogP contribution in [0.2, 0.25) is 0 Å². The number of aromatic nitrogens is 2. The van der Waals surface area contributed by atoms with Crippen molar-refractivity contribution in [2.75, 3.05) is 5.32 Å². The van der Waals surface area contributed by atoms with Gasteiger partial charge < -0.3 is 5.32 Å². The van der Waals surface area contributed by atoms with Crippen LogP contribution in [0.4, 0.5) is 15.2 Å². The van der Waals surface area contributed by atoms with Crippen LogP contribution < -0.4 is 5.32 Å². The molecule has 15 heavy (non-hydrogen) atoms. The number of hydrogen-bond acceptors (Lipinski definition) is 4. The third-order valence-corrected chi connectivity index (χ3v) is 3.49. The lowest BCUT2D eigenvalue weighted by molar-refractivity contribution is 0.622. The van der Waals surface area contributed by atoms with Crippen LogP contribution in [-0.2, 0) is 0 Å². The zero-order chi connectivity index (χ0) is 10.8. The molecule has 0 saturated carbocycles. The van der Waals surface area contributed by atoms with Crippen molar-refractivity contribution in [3.63, 3.8) is 0 Å². The number of anilines is 2. The van der Waals surface area contributed by atoms with E-state index in [0.717, 1.165) is 0 Å². The Labute approximate surface area is 106 Å². The lowest BCUT2D eigenvalue weighted by Gasteiger charge is -2.02. The Morgan fingerprint density at radius 2 is 2.07 bits per heavy atom. The van der Waals surface area contributed by atoms with Crippen molar-refractivity contribution >= 4 is 54.0 Å². The number of halogens is 3. The molecule has 3 nitrogen and oxygen atoms in total. The fourth-order valence-corrected chi connectivity index (χ4v) is 2.23. The van der Waals surface area contributed by atoms with Gasteiger partial charge in [-0.05, 0) is 50.1 Å². The fraction of sp³-hybridized carbons (Fsp3) is 0. The molecule has 1 aromatic heterocycles. The smallest absolute Gasteiger partial charge is 0.210 e. The average molecular weight is 353 g/mol. The minimum atomic E-state index is -0.316. The fourth-order valence-electron chi connectivity index (χ4n) is 0.953. The van der Waals surface area contributed by atoms with Gasteiger partial charge in [0.15, 0.2) is 3.92 Å². The van der Waals surface area contributed by atoms with Gasteiger partial charge in [0, 0.05) is 5.69 Å². The number of hydrogen-bond donors (Lipinski definition) is 1. The highest BCUT2D eigenvalue weighted by atomic mass is 79.9. The highest BCUT2D eigenvalue weighted by molar-refractivity contribution is 9.11. The summed E-state index contributed by atoms with van der Waals surface area (Å²) in [7, 11) is 0. The number of nitrogens with one attached hydrogen (secondary N) is 1. The zero-order valence-electron chi connectivity index (χ0n) is 7.17. The van der Waals surface area contributed by atoms with Crippen LogP contribution in [0.25, 0.3) is 0 Å². The van der Waals surface area contributed by atoms with Gasteiger partial charge in [0.1, 0.15) is 5.82 Å². The third-order valence-electron chi connectivity index (χ3n) is 1.57. The molecule has 1 aromatic carbocycles. The third kappa shape index (κ3) is 2.73. The Morgan fingerprint density at radius 3 is 2.67 bits per heavy atom. The summed E-state index contributed by atoms with van der Waals surface area (Å²) in [6.07, 6.45) is 0. The second-order valence-electron chi connectivity index (χ2n) is 2.61. The van der Waals surface area contributed by atoms with Gasteiger partial charge in [-0.1, -0.05) is 11.3 Å². The lowest BCUT2D eigenvalue weighted by atomic mass is 10.3. The number of rotatable bonds is 2. The predicted molar refractivity (Wildman–Crippen MR) is 65.0 cm³/mol. The molecule has 0 aliphatic rings. The molecular weight excluding hydrogens is 349 g/mol. The van der Waals surface area contributed by atoms with Gasteiger partial charge in [-0.15, -0.1) is 10.2 Å². The van der Waals surface area contributed by atoms with Crippen molar-refractivity contribution in [2.24, 2.45) is 0 Å². The summed E-state index contributed by atoms with van der Waals surface area (Å²) in [6.45, 7) is 0. The van der Waals surface area contributed by atoms with Gasteiger partial charge in [0.2, 0.25) is 5.13 Å². The lowest BCUT2D eigenvalue weighted by Crippen LogP contribution is -1.90. The maximum absolute atomic E-state index is 13.2. The van der Waals surface area contributed by atoms with Crippen LogP contribution >= 0.6 is 43.2 Å². The summed E-state index contributed by atoms with van der Waals surface area (Å²) in [5, 5.41) is 11.2. The molecule has 1 heterocycles. The van der Waals surface area contributed by atoms with E-state index < -0.39 is 0 Å². The van der Waals surface area contributed by atoms with Gasteiger partial charge in [0.25, 0.3) is 0 Å². The van der Waals surface area contributed by atoms with Crippen molar-refractivity contribution in [3.05, 3.63) is 32.4 Å². The van der Waals surface area contributed by atoms with E-state index in [1.165, 1.54) is 17.4 Å². The van der Waals surface area contributed by atoms with Crippen molar-refractivity contribution < 1.29 is 4.39 Å². The van der Waals surface area contributed by atoms with Crippen LogP contribution in [0.15, 0.2) is 26.6 Å². The summed E-state index contributed by atoms with van der Waals surface area (Å²) in [5.74, 6) is -0.316. The molecule has 2 rings (SSSR count). The van der Waals surface area contributed by atoms with E-state index in [4.69, 9.17) is 0 Å². The molecule has 0 atom stereocenters. The van der Waals surface area contributed by atoms with Gasteiger partial charge in [0.05, 0.1) is 4.47 Å². The highest BCUT2D eigenvalue weighted by Gasteiger charge is 2.04. The molecule has 0 spiro atoms. The largest absolute Gasteiger partial charge is 0.330 e. The molecule has 7 heteroatoms. The maximum Gasteiger partial charge on any atom is 0.210 e. The SMILES string of the molecule is Fc1cc(Nc2nnc(Br)s2)ccc1Br. The molecular formula is C8H4Br2FN3S. The molecule has 0 unspecified atom stereocenters. The normalized spacial score (nSPS) is 10.3. The van der Waals surface area contributed by atoms with E-state index in [-0.39, 0.29) is 5.82 Å². The van der Waals surface area contributed by atoms with Gasteiger partial charge in [-0.25, -0.2) is 4.39 Å². The molecule has 0 bridgehead atoms. The molecule has 0 saturated heterocycles. The molecule has 78 valence electrons. The number of nitrogens with zero attached hydrogens (tertiary/aromatic N) is 2. The second-order valence-corrected chi connectivity index (χ2v) is 5.72. The van der Waals surface area contributed by atoms with Gasteiger partial charge in [-0.3, -0.25) is 0 Å². The zero-order valence-corrected chi connectivity index (χ0v) is 11.2. The first-order valence-corrected chi connectivity index (χ1v) is 6.26. The monoisotopic (exact) mass is 351 g/mol. The Bertz CT molecular complexity index is 488. The van der Waals surface area contributed by atoms with Crippen molar-refractivity contribution in [1.82, 2.24) is 10.2 Å². The van der Waals surface area contributed by atoms with Crippen LogP contribution in [0.3, 0.4) is 0 Å². The molecule has 0 fully saturated rings. The predicted octanol–water partition coefficient (Wildman–Crippen LogP) is 3.95. The van der Waals surface area contributed by atoms with E-state index >= 15 is 0 Å². The van der Waals surface area contributed by atoms with E-state index in [1.54, 1.807) is 12.1 Å². The minimum absolute atomic E-state index is 0.316. The van der Waals surface area contributed by atoms with Gasteiger partial charge >= 0.3 is 0 Å². The Morgan fingerprint density at radius 1 is 1.27 bits per heavy atom. The van der Waals surface area contributed by atoms with E-state index in [1.807, 2.05) is 0 Å². The molecule has 0 aliphatic heterocycles. The second kappa shape index (κ2) is 4.54. The van der Waals surface area contributed by atoms with Crippen LogP contribution in [0.1, 0.15) is 0 Å². The topological polar surface area (TPSA) is 37.8 Å². The molecule has 0 aliphatic carbocycles. The molecule has 0 amide bonds. The van der Waals surface area contributed by atoms with Crippen LogP contribution in [0.5, 0.6) is 0 Å². The Balaban J connectivity index is 2.21. The quantitative estimate of drug-likeness (QED) is 0.889. The van der Waals surface area contributed by atoms with E-state index in [0.29, 0.717) is 19.2 Å². The minimum Gasteiger partial charge on any atom is -0.330 e. The Hall–Kier alpha value is -0.530. The van der Waals surface area contributed by atoms with Gasteiger partial charge in [-0.2, -0.15) is 0 Å². The van der Waals surface area contributed by atoms with Crippen molar-refractivity contribution in [1.29, 1.82) is 0 Å². The van der Waals surface area contributed by atoms with E-state index in [2.05, 4.69) is 47.4 Å². The molecule has 2 aromatic rings. The standard InChI is InChI=1S/C8H4Br2FN3S/c9-5-2-1-4(3-6(5)11)12-8-14-13-7(10)15-8/h1-3H,(H,12,14). The highest BCUT2D eigenvalue weighted by Crippen LogP contribution is 2.26. The van der Waals surface area contributed by atoms with Crippen molar-refractivity contribution in [2.45, 2.75) is 0 Å². The Kier molecular flexibility index (Phi) is 3.32. The summed E-state index contributed by atoms with van der Waals surface area (Å²) in [6, 6.07) is 4.77. The first kappa shape index (κ1) is 11.0. The summed E-state index contributed by atoms with van der Waals surface area (Å²) < 4.78 is 14.3.